The summed E-state index contributed by atoms with van der Waals surface area (Å²) < 4.78 is 25.9. The van der Waals surface area contributed by atoms with Crippen LogP contribution in [-0.2, 0) is 10.0 Å². The molecule has 0 radical (unpaired) electrons. The maximum atomic E-state index is 12.2. The lowest BCUT2D eigenvalue weighted by atomic mass is 10.4. The van der Waals surface area contributed by atoms with Gasteiger partial charge in [-0.05, 0) is 19.2 Å². The third kappa shape index (κ3) is 2.77. The Balaban J connectivity index is 2.21. The molecule has 1 fully saturated rings. The molecule has 0 atom stereocenters. The molecule has 5 nitrogen and oxygen atoms in total. The van der Waals surface area contributed by atoms with Crippen molar-refractivity contribution in [3.63, 3.8) is 0 Å². The van der Waals surface area contributed by atoms with Crippen LogP contribution in [0, 0.1) is 0 Å². The van der Waals surface area contributed by atoms with Gasteiger partial charge in [-0.3, -0.25) is 0 Å². The van der Waals surface area contributed by atoms with Crippen LogP contribution in [0.2, 0.25) is 5.15 Å². The van der Waals surface area contributed by atoms with E-state index in [4.69, 9.17) is 11.6 Å². The fourth-order valence-electron chi connectivity index (χ4n) is 1.69. The average Bonchev–Trinajstić information content (AvgIpc) is 2.30. The van der Waals surface area contributed by atoms with Crippen molar-refractivity contribution in [2.24, 2.45) is 0 Å². The first kappa shape index (κ1) is 12.8. The fourth-order valence-corrected chi connectivity index (χ4v) is 3.17. The summed E-state index contributed by atoms with van der Waals surface area (Å²) in [6, 6.07) is 2.98. The summed E-state index contributed by atoms with van der Waals surface area (Å²) >= 11 is 5.64. The van der Waals surface area contributed by atoms with E-state index in [1.165, 1.54) is 22.6 Å². The molecule has 1 aromatic rings. The molecule has 0 unspecified atom stereocenters. The molecule has 1 aliphatic heterocycles. The molecule has 7 heteroatoms. The molecule has 1 aromatic heterocycles. The minimum atomic E-state index is -3.42. The zero-order valence-corrected chi connectivity index (χ0v) is 11.1. The minimum Gasteiger partial charge on any atom is -0.304 e. The smallest absolute Gasteiger partial charge is 0.244 e. The molecule has 94 valence electrons. The number of pyridine rings is 1. The van der Waals surface area contributed by atoms with Crippen LogP contribution in [0.1, 0.15) is 0 Å². The number of sulfonamides is 1. The Labute approximate surface area is 106 Å². The highest BCUT2D eigenvalue weighted by Crippen LogP contribution is 2.17. The first-order chi connectivity index (χ1) is 8.00. The maximum absolute atomic E-state index is 12.2. The highest BCUT2D eigenvalue weighted by Gasteiger charge is 2.27. The molecule has 2 heterocycles. The maximum Gasteiger partial charge on any atom is 0.244 e. The Morgan fingerprint density at radius 1 is 1.24 bits per heavy atom. The number of piperazine rings is 1. The van der Waals surface area contributed by atoms with Gasteiger partial charge in [0.05, 0.1) is 0 Å². The van der Waals surface area contributed by atoms with Gasteiger partial charge < -0.3 is 4.90 Å². The van der Waals surface area contributed by atoms with E-state index in [-0.39, 0.29) is 4.90 Å². The van der Waals surface area contributed by atoms with Gasteiger partial charge in [-0.25, -0.2) is 13.4 Å². The molecule has 0 aromatic carbocycles. The van der Waals surface area contributed by atoms with Crippen LogP contribution >= 0.6 is 11.6 Å². The third-order valence-electron chi connectivity index (χ3n) is 2.80. The quantitative estimate of drug-likeness (QED) is 0.745. The van der Waals surface area contributed by atoms with Crippen molar-refractivity contribution in [1.29, 1.82) is 0 Å². The normalized spacial score (nSPS) is 19.4. The van der Waals surface area contributed by atoms with Gasteiger partial charge in [0, 0.05) is 32.4 Å². The van der Waals surface area contributed by atoms with Gasteiger partial charge in [-0.15, -0.1) is 0 Å². The van der Waals surface area contributed by atoms with Crippen LogP contribution < -0.4 is 0 Å². The van der Waals surface area contributed by atoms with Crippen LogP contribution in [0.15, 0.2) is 23.2 Å². The van der Waals surface area contributed by atoms with Gasteiger partial charge in [0.1, 0.15) is 10.0 Å². The molecule has 1 aliphatic rings. The Kier molecular flexibility index (Phi) is 3.67. The second-order valence-electron chi connectivity index (χ2n) is 4.02. The van der Waals surface area contributed by atoms with E-state index in [0.717, 1.165) is 13.1 Å². The highest BCUT2D eigenvalue weighted by atomic mass is 35.5. The molecule has 0 saturated carbocycles. The molecular weight excluding hydrogens is 262 g/mol. The SMILES string of the molecule is CN1CCN(S(=O)(=O)c2ccc(Cl)nc2)CC1. The molecule has 2 rings (SSSR count). The zero-order valence-electron chi connectivity index (χ0n) is 9.50. The van der Waals surface area contributed by atoms with E-state index >= 15 is 0 Å². The van der Waals surface area contributed by atoms with Crippen LogP contribution in [0.4, 0.5) is 0 Å². The highest BCUT2D eigenvalue weighted by molar-refractivity contribution is 7.89. The summed E-state index contributed by atoms with van der Waals surface area (Å²) in [7, 11) is -1.44. The lowest BCUT2D eigenvalue weighted by molar-refractivity contribution is 0.222. The molecule has 0 amide bonds. The summed E-state index contributed by atoms with van der Waals surface area (Å²) in [6.07, 6.45) is 1.30. The summed E-state index contributed by atoms with van der Waals surface area (Å²) in [5.74, 6) is 0. The molecule has 0 bridgehead atoms. The number of rotatable bonds is 2. The van der Waals surface area contributed by atoms with Crippen LogP contribution in [0.5, 0.6) is 0 Å². The first-order valence-electron chi connectivity index (χ1n) is 5.30. The van der Waals surface area contributed by atoms with Gasteiger partial charge >= 0.3 is 0 Å². The molecule has 1 saturated heterocycles. The predicted octanol–water partition coefficient (Wildman–Crippen LogP) is 0.671. The van der Waals surface area contributed by atoms with Gasteiger partial charge in [0.15, 0.2) is 0 Å². The first-order valence-corrected chi connectivity index (χ1v) is 7.12. The fraction of sp³-hybridized carbons (Fsp3) is 0.500. The van der Waals surface area contributed by atoms with Crippen molar-refractivity contribution in [3.05, 3.63) is 23.5 Å². The van der Waals surface area contributed by atoms with E-state index in [0.29, 0.717) is 18.2 Å². The van der Waals surface area contributed by atoms with Gasteiger partial charge in [0.2, 0.25) is 10.0 Å². The van der Waals surface area contributed by atoms with Crippen molar-refractivity contribution in [2.45, 2.75) is 4.90 Å². The van der Waals surface area contributed by atoms with E-state index < -0.39 is 10.0 Å². The minimum absolute atomic E-state index is 0.200. The van der Waals surface area contributed by atoms with Crippen molar-refractivity contribution in [3.8, 4) is 0 Å². The monoisotopic (exact) mass is 275 g/mol. The van der Waals surface area contributed by atoms with Crippen molar-refractivity contribution < 1.29 is 8.42 Å². The summed E-state index contributed by atoms with van der Waals surface area (Å²) in [5.41, 5.74) is 0. The average molecular weight is 276 g/mol. The molecule has 0 N–H and O–H groups in total. The Hall–Kier alpha value is -0.690. The standard InChI is InChI=1S/C10H14ClN3O2S/c1-13-4-6-14(7-5-13)17(15,16)9-2-3-10(11)12-8-9/h2-3,8H,4-7H2,1H3. The van der Waals surface area contributed by atoms with Gasteiger partial charge in [0.25, 0.3) is 0 Å². The van der Waals surface area contributed by atoms with Crippen LogP contribution in [0.25, 0.3) is 0 Å². The van der Waals surface area contributed by atoms with E-state index in [2.05, 4.69) is 9.88 Å². The molecule has 0 spiro atoms. The Morgan fingerprint density at radius 3 is 2.41 bits per heavy atom. The lowest BCUT2D eigenvalue weighted by Crippen LogP contribution is -2.47. The van der Waals surface area contributed by atoms with Crippen molar-refractivity contribution in [2.75, 3.05) is 33.2 Å². The largest absolute Gasteiger partial charge is 0.304 e. The second-order valence-corrected chi connectivity index (χ2v) is 6.35. The summed E-state index contributed by atoms with van der Waals surface area (Å²) in [6.45, 7) is 2.53. The van der Waals surface area contributed by atoms with E-state index in [1.807, 2.05) is 7.05 Å². The van der Waals surface area contributed by atoms with E-state index in [1.54, 1.807) is 0 Å². The van der Waals surface area contributed by atoms with E-state index in [9.17, 15) is 8.42 Å². The zero-order chi connectivity index (χ0) is 12.5. The Morgan fingerprint density at radius 2 is 1.88 bits per heavy atom. The van der Waals surface area contributed by atoms with Crippen LogP contribution in [-0.4, -0.2) is 55.8 Å². The number of halogens is 1. The second kappa shape index (κ2) is 4.89. The number of likely N-dealkylation sites (N-methyl/N-ethyl adjacent to an activating group) is 1. The third-order valence-corrected chi connectivity index (χ3v) is 4.91. The summed E-state index contributed by atoms with van der Waals surface area (Å²) in [5, 5.41) is 0.294. The van der Waals surface area contributed by atoms with Crippen molar-refractivity contribution >= 4 is 21.6 Å². The summed E-state index contributed by atoms with van der Waals surface area (Å²) in [4.78, 5) is 6.11. The lowest BCUT2D eigenvalue weighted by Gasteiger charge is -2.31. The topological polar surface area (TPSA) is 53.5 Å². The molecule has 17 heavy (non-hydrogen) atoms. The van der Waals surface area contributed by atoms with Crippen LogP contribution in [0.3, 0.4) is 0 Å². The number of aromatic nitrogens is 1. The van der Waals surface area contributed by atoms with Crippen molar-refractivity contribution in [1.82, 2.24) is 14.2 Å². The molecular formula is C10H14ClN3O2S. The van der Waals surface area contributed by atoms with Gasteiger partial charge in [-0.2, -0.15) is 4.31 Å². The Bertz CT molecular complexity index is 481. The molecule has 0 aliphatic carbocycles. The van der Waals surface area contributed by atoms with Gasteiger partial charge in [-0.1, -0.05) is 11.6 Å². The number of hydrogen-bond donors (Lipinski definition) is 0. The number of hydrogen-bond acceptors (Lipinski definition) is 4. The predicted molar refractivity (Wildman–Crippen MR) is 65.5 cm³/mol. The number of nitrogens with zero attached hydrogens (tertiary/aromatic N) is 3.